The zero-order valence-electron chi connectivity index (χ0n) is 11.0. The van der Waals surface area contributed by atoms with Gasteiger partial charge in [0.2, 0.25) is 0 Å². The lowest BCUT2D eigenvalue weighted by atomic mass is 9.99. The van der Waals surface area contributed by atoms with E-state index < -0.39 is 0 Å². The second-order valence-electron chi connectivity index (χ2n) is 4.57. The molecule has 0 radical (unpaired) electrons. The average molecular weight is 305 g/mol. The van der Waals surface area contributed by atoms with Gasteiger partial charge in [-0.3, -0.25) is 4.79 Å². The van der Waals surface area contributed by atoms with E-state index in [0.29, 0.717) is 28.5 Å². The molecule has 0 fully saturated rings. The van der Waals surface area contributed by atoms with Gasteiger partial charge in [0.05, 0.1) is 12.2 Å². The average Bonchev–Trinajstić information content (AvgIpc) is 2.93. The van der Waals surface area contributed by atoms with E-state index in [0.717, 1.165) is 16.9 Å². The van der Waals surface area contributed by atoms with Gasteiger partial charge in [-0.1, -0.05) is 23.7 Å². The van der Waals surface area contributed by atoms with Crippen LogP contribution in [0.15, 0.2) is 41.3 Å². The Kier molecular flexibility index (Phi) is 3.72. The van der Waals surface area contributed by atoms with E-state index in [-0.39, 0.29) is 5.78 Å². The number of halogens is 1. The maximum atomic E-state index is 12.8. The maximum absolute atomic E-state index is 12.8. The normalized spacial score (nSPS) is 12.9. The summed E-state index contributed by atoms with van der Waals surface area (Å²) in [6.45, 7) is 0.611. The molecule has 2 aromatic rings. The van der Waals surface area contributed by atoms with Gasteiger partial charge >= 0.3 is 0 Å². The summed E-state index contributed by atoms with van der Waals surface area (Å²) in [5.74, 6) is 0.658. The largest absolute Gasteiger partial charge is 0.492 e. The van der Waals surface area contributed by atoms with Gasteiger partial charge in [-0.25, -0.2) is 0 Å². The van der Waals surface area contributed by atoms with Gasteiger partial charge in [-0.15, -0.1) is 11.8 Å². The first kappa shape index (κ1) is 13.5. The predicted octanol–water partition coefficient (Wildman–Crippen LogP) is 4.23. The predicted molar refractivity (Wildman–Crippen MR) is 82.3 cm³/mol. The number of thioether (sulfide) groups is 1. The first-order valence-electron chi connectivity index (χ1n) is 6.33. The van der Waals surface area contributed by atoms with Crippen molar-refractivity contribution in [2.45, 2.75) is 11.3 Å². The molecule has 2 nitrogen and oxygen atoms in total. The van der Waals surface area contributed by atoms with Crippen LogP contribution in [0.25, 0.3) is 0 Å². The fourth-order valence-corrected chi connectivity index (χ4v) is 3.25. The molecule has 0 amide bonds. The van der Waals surface area contributed by atoms with Gasteiger partial charge in [0.15, 0.2) is 5.78 Å². The van der Waals surface area contributed by atoms with Crippen LogP contribution in [-0.4, -0.2) is 18.6 Å². The summed E-state index contributed by atoms with van der Waals surface area (Å²) in [5, 5.41) is 0.583. The fourth-order valence-electron chi connectivity index (χ4n) is 2.42. The molecule has 0 aromatic heterocycles. The molecule has 3 rings (SSSR count). The Hall–Kier alpha value is -1.45. The van der Waals surface area contributed by atoms with Crippen molar-refractivity contribution in [1.29, 1.82) is 0 Å². The lowest BCUT2D eigenvalue weighted by Gasteiger charge is -2.10. The lowest BCUT2D eigenvalue weighted by molar-refractivity contribution is 0.103. The Morgan fingerprint density at radius 1 is 1.25 bits per heavy atom. The van der Waals surface area contributed by atoms with Gasteiger partial charge in [-0.2, -0.15) is 0 Å². The number of ketones is 1. The monoisotopic (exact) mass is 304 g/mol. The molecule has 0 saturated heterocycles. The minimum Gasteiger partial charge on any atom is -0.492 e. The van der Waals surface area contributed by atoms with Crippen LogP contribution in [0.3, 0.4) is 0 Å². The summed E-state index contributed by atoms with van der Waals surface area (Å²) in [4.78, 5) is 13.7. The third-order valence-corrected chi connectivity index (χ3v) is 4.36. The maximum Gasteiger partial charge on any atom is 0.197 e. The highest BCUT2D eigenvalue weighted by molar-refractivity contribution is 7.98. The van der Waals surface area contributed by atoms with E-state index in [2.05, 4.69) is 0 Å². The van der Waals surface area contributed by atoms with Crippen molar-refractivity contribution in [1.82, 2.24) is 0 Å². The van der Waals surface area contributed by atoms with Crippen LogP contribution in [0.2, 0.25) is 5.02 Å². The highest BCUT2D eigenvalue weighted by Gasteiger charge is 2.24. The van der Waals surface area contributed by atoms with Crippen molar-refractivity contribution in [3.8, 4) is 5.75 Å². The summed E-state index contributed by atoms with van der Waals surface area (Å²) in [7, 11) is 0. The zero-order chi connectivity index (χ0) is 14.1. The lowest BCUT2D eigenvalue weighted by Crippen LogP contribution is -2.05. The van der Waals surface area contributed by atoms with Crippen LogP contribution >= 0.6 is 23.4 Å². The number of hydrogen-bond donors (Lipinski definition) is 0. The van der Waals surface area contributed by atoms with Crippen molar-refractivity contribution in [2.75, 3.05) is 12.9 Å². The molecule has 1 heterocycles. The number of rotatable bonds is 3. The fraction of sp³-hybridized carbons (Fsp3) is 0.188. The summed E-state index contributed by atoms with van der Waals surface area (Å²) in [6.07, 6.45) is 2.77. The summed E-state index contributed by atoms with van der Waals surface area (Å²) >= 11 is 7.68. The van der Waals surface area contributed by atoms with Crippen molar-refractivity contribution in [3.63, 3.8) is 0 Å². The minimum absolute atomic E-state index is 0.0319. The molecule has 0 unspecified atom stereocenters. The number of fused-ring (bicyclic) bond motifs is 1. The van der Waals surface area contributed by atoms with E-state index in [4.69, 9.17) is 16.3 Å². The Bertz CT molecular complexity index is 682. The molecule has 20 heavy (non-hydrogen) atoms. The Balaban J connectivity index is 2.12. The molecule has 1 aliphatic rings. The molecule has 0 N–H and O–H groups in total. The number of hydrogen-bond acceptors (Lipinski definition) is 3. The van der Waals surface area contributed by atoms with Gasteiger partial charge in [0, 0.05) is 21.9 Å². The number of carbonyl (C=O) groups is 1. The van der Waals surface area contributed by atoms with Gasteiger partial charge in [-0.05, 0) is 36.1 Å². The second-order valence-corrected chi connectivity index (χ2v) is 5.85. The third kappa shape index (κ3) is 2.32. The molecule has 0 saturated carbocycles. The van der Waals surface area contributed by atoms with Crippen LogP contribution in [0.1, 0.15) is 21.5 Å². The van der Waals surface area contributed by atoms with Crippen LogP contribution in [0, 0.1) is 0 Å². The van der Waals surface area contributed by atoms with E-state index in [1.165, 1.54) is 0 Å². The highest BCUT2D eigenvalue weighted by Crippen LogP contribution is 2.35. The first-order chi connectivity index (χ1) is 9.70. The quantitative estimate of drug-likeness (QED) is 0.627. The molecule has 1 aliphatic heterocycles. The third-order valence-electron chi connectivity index (χ3n) is 3.34. The molecular weight excluding hydrogens is 292 g/mol. The van der Waals surface area contributed by atoms with E-state index in [1.807, 2.05) is 36.6 Å². The molecule has 102 valence electrons. The number of carbonyl (C=O) groups excluding carboxylic acids is 1. The van der Waals surface area contributed by atoms with Gasteiger partial charge in [0.25, 0.3) is 0 Å². The number of benzene rings is 2. The summed E-state index contributed by atoms with van der Waals surface area (Å²) < 4.78 is 5.61. The van der Waals surface area contributed by atoms with Crippen LogP contribution < -0.4 is 4.74 Å². The standard InChI is InChI=1S/C16H13ClO2S/c1-20-14-5-3-2-4-12(14)15(18)13-9-11(17)8-10-6-7-19-16(10)13/h2-5,8-9H,6-7H2,1H3. The molecular formula is C16H13ClO2S. The molecule has 4 heteroatoms. The van der Waals surface area contributed by atoms with E-state index in [1.54, 1.807) is 17.8 Å². The Morgan fingerprint density at radius 3 is 2.85 bits per heavy atom. The Morgan fingerprint density at radius 2 is 2.05 bits per heavy atom. The molecule has 2 aromatic carbocycles. The SMILES string of the molecule is CSc1ccccc1C(=O)c1cc(Cl)cc2c1OCC2. The first-order valence-corrected chi connectivity index (χ1v) is 7.94. The number of ether oxygens (including phenoxy) is 1. The van der Waals surface area contributed by atoms with Crippen molar-refractivity contribution in [2.24, 2.45) is 0 Å². The summed E-state index contributed by atoms with van der Waals surface area (Å²) in [6, 6.07) is 11.2. The molecule has 0 spiro atoms. The van der Waals surface area contributed by atoms with Gasteiger partial charge in [0.1, 0.15) is 5.75 Å². The summed E-state index contributed by atoms with van der Waals surface area (Å²) in [5.41, 5.74) is 2.27. The minimum atomic E-state index is -0.0319. The van der Waals surface area contributed by atoms with Crippen molar-refractivity contribution >= 4 is 29.1 Å². The smallest absolute Gasteiger partial charge is 0.197 e. The second kappa shape index (κ2) is 5.51. The zero-order valence-corrected chi connectivity index (χ0v) is 12.6. The van der Waals surface area contributed by atoms with Crippen LogP contribution in [0.5, 0.6) is 5.75 Å². The molecule has 0 bridgehead atoms. The van der Waals surface area contributed by atoms with Gasteiger partial charge < -0.3 is 4.74 Å². The Labute approximate surface area is 127 Å². The molecule has 0 aliphatic carbocycles. The van der Waals surface area contributed by atoms with Crippen molar-refractivity contribution < 1.29 is 9.53 Å². The van der Waals surface area contributed by atoms with Crippen molar-refractivity contribution in [3.05, 3.63) is 58.1 Å². The van der Waals surface area contributed by atoms with Crippen LogP contribution in [-0.2, 0) is 6.42 Å². The van der Waals surface area contributed by atoms with E-state index in [9.17, 15) is 4.79 Å². The van der Waals surface area contributed by atoms with Crippen LogP contribution in [0.4, 0.5) is 0 Å². The van der Waals surface area contributed by atoms with E-state index >= 15 is 0 Å². The topological polar surface area (TPSA) is 26.3 Å². The molecule has 0 atom stereocenters. The highest BCUT2D eigenvalue weighted by atomic mass is 35.5.